The van der Waals surface area contributed by atoms with Crippen LogP contribution in [0.4, 0.5) is 0 Å². The van der Waals surface area contributed by atoms with E-state index in [1.807, 2.05) is 91.5 Å². The van der Waals surface area contributed by atoms with Crippen LogP contribution in [0.5, 0.6) is 0 Å². The molecule has 5 aromatic rings. The highest BCUT2D eigenvalue weighted by atomic mass is 16.2. The van der Waals surface area contributed by atoms with Gasteiger partial charge < -0.3 is 10.6 Å². The van der Waals surface area contributed by atoms with Gasteiger partial charge in [-0.15, -0.1) is 0 Å². The van der Waals surface area contributed by atoms with E-state index in [4.69, 9.17) is 10.7 Å². The summed E-state index contributed by atoms with van der Waals surface area (Å²) >= 11 is 0. The number of nitrogens with zero attached hydrogens (tertiary/aromatic N) is 3. The van der Waals surface area contributed by atoms with E-state index in [-0.39, 0.29) is 17.4 Å². The Morgan fingerprint density at radius 1 is 0.886 bits per heavy atom. The fraction of sp³-hybridized carbons (Fsp3) is 0.289. The van der Waals surface area contributed by atoms with Crippen LogP contribution < -0.4 is 11.3 Å². The van der Waals surface area contributed by atoms with Crippen molar-refractivity contribution in [3.63, 3.8) is 0 Å². The summed E-state index contributed by atoms with van der Waals surface area (Å²) < 4.78 is 1.80. The van der Waals surface area contributed by atoms with Gasteiger partial charge in [-0.25, -0.2) is 4.98 Å². The van der Waals surface area contributed by atoms with Gasteiger partial charge in [-0.1, -0.05) is 104 Å². The molecule has 4 aromatic carbocycles. The van der Waals surface area contributed by atoms with E-state index >= 15 is 0 Å². The van der Waals surface area contributed by atoms with E-state index in [0.717, 1.165) is 27.5 Å². The number of amides is 1. The third kappa shape index (κ3) is 6.66. The van der Waals surface area contributed by atoms with Crippen molar-refractivity contribution >= 4 is 16.7 Å². The average molecular weight is 587 g/mol. The number of fused-ring (bicyclic) bond motifs is 1. The minimum absolute atomic E-state index is 0.0144. The smallest absolute Gasteiger partial charge is 0.257 e. The van der Waals surface area contributed by atoms with Crippen LogP contribution in [0.1, 0.15) is 70.4 Å². The molecule has 1 unspecified atom stereocenters. The Balaban J connectivity index is 1.67. The number of hydrogen-bond donors (Lipinski definition) is 1. The Morgan fingerprint density at radius 3 is 2.27 bits per heavy atom. The summed E-state index contributed by atoms with van der Waals surface area (Å²) in [5, 5.41) is 2.27. The fourth-order valence-electron chi connectivity index (χ4n) is 5.99. The molecule has 0 saturated heterocycles. The molecule has 6 heteroatoms. The van der Waals surface area contributed by atoms with Crippen LogP contribution >= 0.6 is 0 Å². The molecule has 0 fully saturated rings. The highest BCUT2D eigenvalue weighted by molar-refractivity contribution is 5.94. The summed E-state index contributed by atoms with van der Waals surface area (Å²) in [6, 6.07) is 31.7. The molecule has 0 aliphatic rings. The van der Waals surface area contributed by atoms with Crippen LogP contribution in [0.15, 0.2) is 102 Å². The maximum Gasteiger partial charge on any atom is 0.257 e. The predicted octanol–water partition coefficient (Wildman–Crippen LogP) is 6.84. The molecule has 1 amide bonds. The van der Waals surface area contributed by atoms with Crippen molar-refractivity contribution in [2.75, 3.05) is 13.1 Å². The van der Waals surface area contributed by atoms with Crippen molar-refractivity contribution in [1.29, 1.82) is 0 Å². The molecule has 5 rings (SSSR count). The van der Waals surface area contributed by atoms with E-state index in [0.29, 0.717) is 55.1 Å². The number of benzene rings is 4. The van der Waals surface area contributed by atoms with Gasteiger partial charge in [0.1, 0.15) is 5.82 Å². The van der Waals surface area contributed by atoms with Gasteiger partial charge in [-0.3, -0.25) is 14.2 Å². The molecular weight excluding hydrogens is 544 g/mol. The van der Waals surface area contributed by atoms with Crippen molar-refractivity contribution in [3.05, 3.63) is 147 Å². The maximum absolute atomic E-state index is 14.6. The standard InChI is InChI=1S/C38H42N4O2/c1-26(2)35(41(23-11-22-39)37(43)31-20-18-27(3)19-21-31)36-40-28(4)34(38(44)42(36)25-29-12-6-5-7-13-29)24-32-16-10-15-30-14-8-9-17-33(30)32/h5-10,12-21,26,35H,11,22-25,39H2,1-4H3. The lowest BCUT2D eigenvalue weighted by Gasteiger charge is -2.36. The first-order chi connectivity index (χ1) is 21.3. The van der Waals surface area contributed by atoms with E-state index in [1.165, 1.54) is 0 Å². The minimum Gasteiger partial charge on any atom is -0.330 e. The van der Waals surface area contributed by atoms with Crippen LogP contribution in [-0.4, -0.2) is 33.4 Å². The number of aryl methyl sites for hydroxylation is 2. The summed E-state index contributed by atoms with van der Waals surface area (Å²) in [5.74, 6) is 0.500. The molecule has 0 bridgehead atoms. The van der Waals surface area contributed by atoms with E-state index < -0.39 is 6.04 Å². The van der Waals surface area contributed by atoms with E-state index in [9.17, 15) is 9.59 Å². The molecule has 1 aromatic heterocycles. The lowest BCUT2D eigenvalue weighted by Crippen LogP contribution is -2.43. The molecule has 1 heterocycles. The molecule has 2 N–H and O–H groups in total. The first-order valence-corrected chi connectivity index (χ1v) is 15.5. The number of hydrogen-bond acceptors (Lipinski definition) is 4. The number of aromatic nitrogens is 2. The number of carbonyl (C=O) groups is 1. The van der Waals surface area contributed by atoms with Gasteiger partial charge in [-0.2, -0.15) is 0 Å². The molecular formula is C38H42N4O2. The number of carbonyl (C=O) groups excluding carboxylic acids is 1. The van der Waals surface area contributed by atoms with Crippen LogP contribution in [0.25, 0.3) is 10.8 Å². The molecule has 44 heavy (non-hydrogen) atoms. The van der Waals surface area contributed by atoms with Crippen LogP contribution in [-0.2, 0) is 13.0 Å². The Bertz CT molecular complexity index is 1790. The minimum atomic E-state index is -0.433. The second kappa shape index (κ2) is 13.8. The normalized spacial score (nSPS) is 12.0. The van der Waals surface area contributed by atoms with Gasteiger partial charge in [0, 0.05) is 29.8 Å². The van der Waals surface area contributed by atoms with Crippen LogP contribution in [0.2, 0.25) is 0 Å². The predicted molar refractivity (Wildman–Crippen MR) is 179 cm³/mol. The molecule has 0 radical (unpaired) electrons. The van der Waals surface area contributed by atoms with Crippen molar-refractivity contribution in [3.8, 4) is 0 Å². The monoisotopic (exact) mass is 586 g/mol. The van der Waals surface area contributed by atoms with E-state index in [2.05, 4.69) is 38.1 Å². The Morgan fingerprint density at radius 2 is 1.57 bits per heavy atom. The zero-order chi connectivity index (χ0) is 31.2. The summed E-state index contributed by atoms with van der Waals surface area (Å²) in [6.45, 7) is 9.37. The Kier molecular flexibility index (Phi) is 9.71. The summed E-state index contributed by atoms with van der Waals surface area (Å²) in [6.07, 6.45) is 1.11. The average Bonchev–Trinajstić information content (AvgIpc) is 3.03. The summed E-state index contributed by atoms with van der Waals surface area (Å²) in [4.78, 5) is 35.8. The van der Waals surface area contributed by atoms with Gasteiger partial charge in [0.25, 0.3) is 11.5 Å². The van der Waals surface area contributed by atoms with Crippen LogP contribution in [0.3, 0.4) is 0 Å². The quantitative estimate of drug-likeness (QED) is 0.184. The zero-order valence-corrected chi connectivity index (χ0v) is 26.2. The SMILES string of the molecule is Cc1ccc(C(=O)N(CCCN)C(c2nc(C)c(Cc3cccc4ccccc34)c(=O)n2Cc2ccccc2)C(C)C)cc1. The molecule has 226 valence electrons. The zero-order valence-electron chi connectivity index (χ0n) is 26.2. The first-order valence-electron chi connectivity index (χ1n) is 15.5. The summed E-state index contributed by atoms with van der Waals surface area (Å²) in [5.41, 5.74) is 11.0. The third-order valence-corrected chi connectivity index (χ3v) is 8.32. The van der Waals surface area contributed by atoms with Gasteiger partial charge in [0.2, 0.25) is 0 Å². The molecule has 1 atom stereocenters. The van der Waals surface area contributed by atoms with Crippen molar-refractivity contribution in [2.45, 2.75) is 53.1 Å². The molecule has 0 spiro atoms. The lowest BCUT2D eigenvalue weighted by molar-refractivity contribution is 0.0601. The van der Waals surface area contributed by atoms with Gasteiger partial charge in [0.05, 0.1) is 12.6 Å². The highest BCUT2D eigenvalue weighted by Gasteiger charge is 2.33. The summed E-state index contributed by atoms with van der Waals surface area (Å²) in [7, 11) is 0. The fourth-order valence-corrected chi connectivity index (χ4v) is 5.99. The van der Waals surface area contributed by atoms with Gasteiger partial charge >= 0.3 is 0 Å². The largest absolute Gasteiger partial charge is 0.330 e. The van der Waals surface area contributed by atoms with Crippen molar-refractivity contribution in [2.24, 2.45) is 11.7 Å². The lowest BCUT2D eigenvalue weighted by atomic mass is 9.96. The number of nitrogens with two attached hydrogens (primary N) is 1. The Hall–Kier alpha value is -4.55. The second-order valence-electron chi connectivity index (χ2n) is 11.9. The molecule has 0 aliphatic heterocycles. The maximum atomic E-state index is 14.6. The van der Waals surface area contributed by atoms with Crippen molar-refractivity contribution < 1.29 is 4.79 Å². The van der Waals surface area contributed by atoms with Gasteiger partial charge in [-0.05, 0) is 66.8 Å². The second-order valence-corrected chi connectivity index (χ2v) is 11.9. The first kappa shape index (κ1) is 30.9. The Labute approximate surface area is 260 Å². The molecule has 0 aliphatic carbocycles. The highest BCUT2D eigenvalue weighted by Crippen LogP contribution is 2.30. The van der Waals surface area contributed by atoms with Gasteiger partial charge in [0.15, 0.2) is 0 Å². The van der Waals surface area contributed by atoms with E-state index in [1.54, 1.807) is 4.57 Å². The molecule has 6 nitrogen and oxygen atoms in total. The topological polar surface area (TPSA) is 81.2 Å². The van der Waals surface area contributed by atoms with Crippen molar-refractivity contribution in [1.82, 2.24) is 14.5 Å². The molecule has 0 saturated carbocycles. The third-order valence-electron chi connectivity index (χ3n) is 8.32. The van der Waals surface area contributed by atoms with Crippen LogP contribution in [0, 0.1) is 19.8 Å². The number of rotatable bonds is 11.